The first-order valence-electron chi connectivity index (χ1n) is 24.3. The number of nitrogens with zero attached hydrogens (tertiary/aromatic N) is 4. The van der Waals surface area contributed by atoms with Crippen LogP contribution in [0.5, 0.6) is 0 Å². The second-order valence-corrected chi connectivity index (χ2v) is 18.1. The lowest BCUT2D eigenvalue weighted by Crippen LogP contribution is -1.98. The Hall–Kier alpha value is -9.06. The van der Waals surface area contributed by atoms with Gasteiger partial charge in [-0.3, -0.25) is 15.0 Å². The Balaban J connectivity index is 0.936. The normalized spacial score (nSPS) is 11.3. The van der Waals surface area contributed by atoms with Crippen LogP contribution in [0.1, 0.15) is 22.3 Å². The molecule has 0 atom stereocenters. The first-order chi connectivity index (χ1) is 35.2. The molecule has 0 saturated carbocycles. The van der Waals surface area contributed by atoms with Gasteiger partial charge in [-0.25, -0.2) is 4.98 Å². The quantitative estimate of drug-likeness (QED) is 0.115. The molecule has 71 heavy (non-hydrogen) atoms. The van der Waals surface area contributed by atoms with Gasteiger partial charge in [-0.05, 0) is 141 Å². The molecule has 0 amide bonds. The van der Waals surface area contributed by atoms with Crippen LogP contribution in [0.4, 0.5) is 0 Å². The van der Waals surface area contributed by atoms with Gasteiger partial charge >= 0.3 is 0 Å². The summed E-state index contributed by atoms with van der Waals surface area (Å²) in [5, 5.41) is 1.98. The number of benzene rings is 7. The lowest BCUT2D eigenvalue weighted by molar-refractivity contribution is 0.653. The monoisotopic (exact) mass is 912 g/mol. The van der Waals surface area contributed by atoms with Crippen molar-refractivity contribution in [2.24, 2.45) is 0 Å². The topological polar surface area (TPSA) is 64.7 Å². The fraction of sp³-hybridized carbons (Fsp3) is 0.0606. The van der Waals surface area contributed by atoms with Crippen molar-refractivity contribution in [2.45, 2.75) is 25.7 Å². The SMILES string of the molecule is c1ccc(-c2ccc(-c3cc(-c4nccc5c4oc4ncccc45)ccc3-c3ccccc3-c3cc(CCc4ccc(-c5ccccn5)cc4)cc(CCc4ccc(-c5ccccn5)cc4)c3)cc2)cc1. The molecule has 0 radical (unpaired) electrons. The maximum absolute atomic E-state index is 6.43. The maximum Gasteiger partial charge on any atom is 0.227 e. The van der Waals surface area contributed by atoms with Crippen molar-refractivity contribution < 1.29 is 4.42 Å². The number of pyridine rings is 4. The van der Waals surface area contributed by atoms with Crippen LogP contribution in [0.3, 0.4) is 0 Å². The highest BCUT2D eigenvalue weighted by molar-refractivity contribution is 6.08. The summed E-state index contributed by atoms with van der Waals surface area (Å²) in [4.78, 5) is 18.6. The third kappa shape index (κ3) is 9.17. The summed E-state index contributed by atoms with van der Waals surface area (Å²) >= 11 is 0. The van der Waals surface area contributed by atoms with Crippen LogP contribution in [0.15, 0.2) is 248 Å². The molecule has 5 heteroatoms. The Morgan fingerprint density at radius 2 is 0.817 bits per heavy atom. The zero-order valence-corrected chi connectivity index (χ0v) is 39.1. The summed E-state index contributed by atoms with van der Waals surface area (Å²) in [6.07, 6.45) is 11.0. The predicted octanol–water partition coefficient (Wildman–Crippen LogP) is 16.4. The molecule has 5 aromatic heterocycles. The van der Waals surface area contributed by atoms with E-state index in [1.165, 1.54) is 50.1 Å². The fourth-order valence-corrected chi connectivity index (χ4v) is 9.89. The van der Waals surface area contributed by atoms with E-state index < -0.39 is 0 Å². The second kappa shape index (κ2) is 19.5. The molecule has 0 aliphatic rings. The van der Waals surface area contributed by atoms with Gasteiger partial charge in [-0.15, -0.1) is 0 Å². The van der Waals surface area contributed by atoms with E-state index in [0.29, 0.717) is 5.71 Å². The lowest BCUT2D eigenvalue weighted by Gasteiger charge is -2.18. The van der Waals surface area contributed by atoms with Crippen molar-refractivity contribution in [2.75, 3.05) is 0 Å². The summed E-state index contributed by atoms with van der Waals surface area (Å²) < 4.78 is 6.43. The molecular formula is C66H48N4O. The van der Waals surface area contributed by atoms with E-state index in [0.717, 1.165) is 92.5 Å². The largest absolute Gasteiger partial charge is 0.435 e. The predicted molar refractivity (Wildman–Crippen MR) is 291 cm³/mol. The average Bonchev–Trinajstić information content (AvgIpc) is 3.84. The minimum atomic E-state index is 0.609. The Morgan fingerprint density at radius 3 is 1.46 bits per heavy atom. The molecule has 7 aromatic carbocycles. The van der Waals surface area contributed by atoms with Crippen LogP contribution < -0.4 is 0 Å². The van der Waals surface area contributed by atoms with E-state index in [2.05, 4.69) is 197 Å². The number of aryl methyl sites for hydroxylation is 4. The zero-order chi connectivity index (χ0) is 47.3. The number of rotatable bonds is 13. The molecule has 0 spiro atoms. The van der Waals surface area contributed by atoms with Gasteiger partial charge in [-0.1, -0.05) is 170 Å². The minimum absolute atomic E-state index is 0.609. The van der Waals surface area contributed by atoms with Crippen LogP contribution >= 0.6 is 0 Å². The van der Waals surface area contributed by atoms with Crippen LogP contribution in [0.25, 0.3) is 100 Å². The van der Waals surface area contributed by atoms with E-state index in [1.54, 1.807) is 6.20 Å². The van der Waals surface area contributed by atoms with Gasteiger partial charge in [0.2, 0.25) is 5.71 Å². The van der Waals surface area contributed by atoms with E-state index in [1.807, 2.05) is 55.0 Å². The van der Waals surface area contributed by atoms with Crippen molar-refractivity contribution in [1.29, 1.82) is 0 Å². The van der Waals surface area contributed by atoms with Crippen molar-refractivity contribution in [3.05, 3.63) is 265 Å². The molecule has 0 saturated heterocycles. The molecule has 0 N–H and O–H groups in total. The van der Waals surface area contributed by atoms with E-state index in [-0.39, 0.29) is 0 Å². The Bertz CT molecular complexity index is 3670. The first-order valence-corrected chi connectivity index (χ1v) is 24.3. The number of fused-ring (bicyclic) bond motifs is 3. The number of hydrogen-bond acceptors (Lipinski definition) is 5. The number of aromatic nitrogens is 4. The first kappa shape index (κ1) is 43.2. The molecule has 5 heterocycles. The molecule has 0 fully saturated rings. The van der Waals surface area contributed by atoms with E-state index in [4.69, 9.17) is 9.40 Å². The molecule has 0 unspecified atom stereocenters. The van der Waals surface area contributed by atoms with Crippen molar-refractivity contribution in [1.82, 2.24) is 19.9 Å². The molecule has 5 nitrogen and oxygen atoms in total. The minimum Gasteiger partial charge on any atom is -0.435 e. The second-order valence-electron chi connectivity index (χ2n) is 18.1. The highest BCUT2D eigenvalue weighted by atomic mass is 16.3. The molecule has 338 valence electrons. The smallest absolute Gasteiger partial charge is 0.227 e. The molecule has 12 aromatic rings. The highest BCUT2D eigenvalue weighted by Crippen LogP contribution is 2.43. The third-order valence-electron chi connectivity index (χ3n) is 13.6. The number of furan rings is 1. The summed E-state index contributed by atoms with van der Waals surface area (Å²) in [5.41, 5.74) is 21.9. The van der Waals surface area contributed by atoms with Crippen molar-refractivity contribution in [3.63, 3.8) is 0 Å². The van der Waals surface area contributed by atoms with Gasteiger partial charge in [0.05, 0.1) is 11.4 Å². The fourth-order valence-electron chi connectivity index (χ4n) is 9.89. The number of hydrogen-bond donors (Lipinski definition) is 0. The van der Waals surface area contributed by atoms with Gasteiger partial charge in [0, 0.05) is 52.3 Å². The third-order valence-corrected chi connectivity index (χ3v) is 13.6. The summed E-state index contributed by atoms with van der Waals surface area (Å²) in [6.45, 7) is 0. The van der Waals surface area contributed by atoms with Crippen molar-refractivity contribution in [3.8, 4) is 78.3 Å². The van der Waals surface area contributed by atoms with Gasteiger partial charge in [0.25, 0.3) is 0 Å². The summed E-state index contributed by atoms with van der Waals surface area (Å²) in [6, 6.07) is 78.3. The van der Waals surface area contributed by atoms with E-state index in [9.17, 15) is 0 Å². The maximum atomic E-state index is 6.43. The van der Waals surface area contributed by atoms with Crippen LogP contribution in [0.2, 0.25) is 0 Å². The molecular weight excluding hydrogens is 865 g/mol. The van der Waals surface area contributed by atoms with Gasteiger partial charge in [0.15, 0.2) is 5.58 Å². The van der Waals surface area contributed by atoms with Crippen LogP contribution in [-0.2, 0) is 25.7 Å². The Morgan fingerprint density at radius 1 is 0.282 bits per heavy atom. The summed E-state index contributed by atoms with van der Waals surface area (Å²) in [5.74, 6) is 0. The molecule has 0 bridgehead atoms. The van der Waals surface area contributed by atoms with Crippen molar-refractivity contribution >= 4 is 22.1 Å². The molecule has 12 rings (SSSR count). The summed E-state index contributed by atoms with van der Waals surface area (Å²) in [7, 11) is 0. The molecule has 0 aliphatic carbocycles. The average molecular weight is 913 g/mol. The van der Waals surface area contributed by atoms with Gasteiger partial charge in [-0.2, -0.15) is 0 Å². The highest BCUT2D eigenvalue weighted by Gasteiger charge is 2.19. The van der Waals surface area contributed by atoms with Gasteiger partial charge < -0.3 is 4.42 Å². The van der Waals surface area contributed by atoms with E-state index >= 15 is 0 Å². The molecule has 0 aliphatic heterocycles. The zero-order valence-electron chi connectivity index (χ0n) is 39.1. The Labute approximate surface area is 413 Å². The van der Waals surface area contributed by atoms with Crippen LogP contribution in [0, 0.1) is 0 Å². The lowest BCUT2D eigenvalue weighted by atomic mass is 9.86. The Kier molecular flexibility index (Phi) is 11.9. The van der Waals surface area contributed by atoms with Gasteiger partial charge in [0.1, 0.15) is 5.69 Å². The van der Waals surface area contributed by atoms with Crippen LogP contribution in [-0.4, -0.2) is 19.9 Å². The standard InChI is InChI=1S/C66H48N4O/c1-2-11-49(12-3-1)50-30-32-51(33-31-50)61-44-54(64-65-59(36-40-69-64)60-15-10-39-70-66(60)71-65)34-35-58(61)57-14-5-4-13-56(57)55-42-47(20-18-45-22-26-52(27-23-45)62-16-6-8-37-67-62)41-48(43-55)21-19-46-24-28-53(29-25-46)63-17-7-9-38-68-63/h1-17,22-44H,18-21H2.